The molecule has 0 aliphatic carbocycles. The Morgan fingerprint density at radius 3 is 1.62 bits per heavy atom. The number of quaternary nitrogens is 1. The van der Waals surface area contributed by atoms with Crippen LogP contribution in [0.2, 0.25) is 0 Å². The lowest BCUT2D eigenvalue weighted by atomic mass is 10.5. The van der Waals surface area contributed by atoms with Crippen LogP contribution in [-0.4, -0.2) is 57.2 Å². The van der Waals surface area contributed by atoms with Crippen LogP contribution in [0, 0.1) is 0 Å². The molecule has 0 fully saturated rings. The fourth-order valence-electron chi connectivity index (χ4n) is 0.973. The number of nitrogens with zero attached hydrogens (tertiary/aromatic N) is 1. The van der Waals surface area contributed by atoms with E-state index in [4.69, 9.17) is 9.47 Å². The molecule has 1 N–H and O–H groups in total. The number of ether oxygens (including phenoxy) is 2. The maximum Gasteiger partial charge on any atom is 0.207 e. The molecule has 0 unspecified atom stereocenters. The van der Waals surface area contributed by atoms with Gasteiger partial charge in [-0.1, -0.05) is 0 Å². The van der Waals surface area contributed by atoms with Crippen molar-refractivity contribution in [1.29, 1.82) is 0 Å². The van der Waals surface area contributed by atoms with Crippen molar-refractivity contribution in [3.8, 4) is 0 Å². The third-order valence-electron chi connectivity index (χ3n) is 1.40. The summed E-state index contributed by atoms with van der Waals surface area (Å²) in [6.07, 6.45) is -0.0556. The summed E-state index contributed by atoms with van der Waals surface area (Å²) in [5.41, 5.74) is 0. The minimum atomic E-state index is -0.0556. The summed E-state index contributed by atoms with van der Waals surface area (Å²) in [6, 6.07) is 0. The van der Waals surface area contributed by atoms with E-state index in [9.17, 15) is 0 Å². The summed E-state index contributed by atoms with van der Waals surface area (Å²) >= 11 is 0. The summed E-state index contributed by atoms with van der Waals surface area (Å²) < 4.78 is 11.7. The number of hydrogen-bond donors (Lipinski definition) is 0. The smallest absolute Gasteiger partial charge is 0.207 e. The summed E-state index contributed by atoms with van der Waals surface area (Å²) in [5.74, 6) is 0. The van der Waals surface area contributed by atoms with E-state index in [0.29, 0.717) is 13.2 Å². The van der Waals surface area contributed by atoms with Crippen LogP contribution in [0.5, 0.6) is 0 Å². The Kier molecular flexibility index (Phi) is 8.56. The van der Waals surface area contributed by atoms with Gasteiger partial charge in [0.05, 0.1) is 21.1 Å². The van der Waals surface area contributed by atoms with Gasteiger partial charge in [0.25, 0.3) is 0 Å². The van der Waals surface area contributed by atoms with Crippen LogP contribution >= 0.6 is 0 Å². The molecule has 0 saturated heterocycles. The van der Waals surface area contributed by atoms with Gasteiger partial charge in [0.2, 0.25) is 6.29 Å². The average molecular weight is 193 g/mol. The molecule has 0 aromatic rings. The molecule has 0 rings (SSSR count). The molecular formula is C9H23NO3. The maximum absolute atomic E-state index is 5.42. The highest BCUT2D eigenvalue weighted by molar-refractivity contribution is 4.40. The summed E-state index contributed by atoms with van der Waals surface area (Å²) in [5, 5.41) is 0. The van der Waals surface area contributed by atoms with Gasteiger partial charge < -0.3 is 19.4 Å². The molecule has 0 amide bonds. The highest BCUT2D eigenvalue weighted by Crippen LogP contribution is 2.01. The molecule has 0 radical (unpaired) electrons. The van der Waals surface area contributed by atoms with E-state index in [1.807, 2.05) is 13.8 Å². The number of rotatable bonds is 6. The largest absolute Gasteiger partial charge is 0.870 e. The molecule has 82 valence electrons. The zero-order valence-corrected chi connectivity index (χ0v) is 9.41. The first kappa shape index (κ1) is 15.3. The zero-order valence-electron chi connectivity index (χ0n) is 9.41. The minimum Gasteiger partial charge on any atom is -0.870 e. The quantitative estimate of drug-likeness (QED) is 0.465. The fraction of sp³-hybridized carbons (Fsp3) is 1.00. The van der Waals surface area contributed by atoms with Gasteiger partial charge in [-0.25, -0.2) is 0 Å². The van der Waals surface area contributed by atoms with E-state index in [2.05, 4.69) is 21.1 Å². The first-order chi connectivity index (χ1) is 5.49. The standard InChI is InChI=1S/C9H22NO2.H2O/c1-6-11-9(12-7-2)8-10(3,4)5;/h9H,6-8H2,1-5H3;1H2/q+1;/p-1. The molecular weight excluding hydrogens is 170 g/mol. The Morgan fingerprint density at radius 1 is 1.00 bits per heavy atom. The van der Waals surface area contributed by atoms with Gasteiger partial charge in [-0.3, -0.25) is 0 Å². The predicted octanol–water partition coefficient (Wildman–Crippen LogP) is 0.915. The van der Waals surface area contributed by atoms with Gasteiger partial charge in [-0.15, -0.1) is 0 Å². The molecule has 0 bridgehead atoms. The molecule has 4 heteroatoms. The monoisotopic (exact) mass is 193 g/mol. The van der Waals surface area contributed by atoms with Crippen molar-refractivity contribution in [3.63, 3.8) is 0 Å². The molecule has 0 aromatic heterocycles. The van der Waals surface area contributed by atoms with Crippen molar-refractivity contribution in [2.45, 2.75) is 20.1 Å². The van der Waals surface area contributed by atoms with Crippen molar-refractivity contribution >= 4 is 0 Å². The normalized spacial score (nSPS) is 11.5. The minimum absolute atomic E-state index is 0. The van der Waals surface area contributed by atoms with Crippen LogP contribution in [-0.2, 0) is 9.47 Å². The molecule has 0 aliphatic heterocycles. The van der Waals surface area contributed by atoms with Gasteiger partial charge in [0, 0.05) is 13.2 Å². The Balaban J connectivity index is 0. The van der Waals surface area contributed by atoms with Crippen LogP contribution in [0.3, 0.4) is 0 Å². The fourth-order valence-corrected chi connectivity index (χ4v) is 0.973. The van der Waals surface area contributed by atoms with Crippen LogP contribution < -0.4 is 0 Å². The van der Waals surface area contributed by atoms with E-state index in [1.54, 1.807) is 0 Å². The highest BCUT2D eigenvalue weighted by Gasteiger charge is 2.17. The Labute approximate surface area is 81.3 Å². The number of hydrogen-bond acceptors (Lipinski definition) is 3. The van der Waals surface area contributed by atoms with Crippen LogP contribution in [0.1, 0.15) is 13.8 Å². The van der Waals surface area contributed by atoms with Gasteiger partial charge in [-0.2, -0.15) is 0 Å². The van der Waals surface area contributed by atoms with E-state index < -0.39 is 0 Å². The van der Waals surface area contributed by atoms with Gasteiger partial charge in [-0.05, 0) is 13.8 Å². The topological polar surface area (TPSA) is 48.5 Å². The lowest BCUT2D eigenvalue weighted by Gasteiger charge is -2.28. The van der Waals surface area contributed by atoms with Crippen molar-refractivity contribution in [2.24, 2.45) is 0 Å². The Bertz CT molecular complexity index is 106. The summed E-state index contributed by atoms with van der Waals surface area (Å²) in [6.45, 7) is 6.29. The van der Waals surface area contributed by atoms with Crippen molar-refractivity contribution in [2.75, 3.05) is 40.9 Å². The van der Waals surface area contributed by atoms with E-state index >= 15 is 0 Å². The third-order valence-corrected chi connectivity index (χ3v) is 1.40. The lowest BCUT2D eigenvalue weighted by molar-refractivity contribution is -0.876. The average Bonchev–Trinajstić information content (AvgIpc) is 1.84. The van der Waals surface area contributed by atoms with E-state index in [1.165, 1.54) is 0 Å². The van der Waals surface area contributed by atoms with Gasteiger partial charge >= 0.3 is 0 Å². The molecule has 0 heterocycles. The van der Waals surface area contributed by atoms with Crippen molar-refractivity contribution < 1.29 is 19.4 Å². The second-order valence-electron chi connectivity index (χ2n) is 3.81. The molecule has 0 aliphatic rings. The first-order valence-electron chi connectivity index (χ1n) is 4.53. The summed E-state index contributed by atoms with van der Waals surface area (Å²) in [4.78, 5) is 0. The maximum atomic E-state index is 5.42. The van der Waals surface area contributed by atoms with E-state index in [0.717, 1.165) is 11.0 Å². The SMILES string of the molecule is CCOC(C[N+](C)(C)C)OCC.[OH-]. The third kappa shape index (κ3) is 9.76. The van der Waals surface area contributed by atoms with E-state index in [-0.39, 0.29) is 11.8 Å². The molecule has 0 spiro atoms. The number of likely N-dealkylation sites (N-methyl/N-ethyl adjacent to an activating group) is 1. The predicted molar refractivity (Wildman–Crippen MR) is 51.9 cm³/mol. The first-order valence-corrected chi connectivity index (χ1v) is 4.53. The lowest BCUT2D eigenvalue weighted by Crippen LogP contribution is -2.43. The molecule has 0 aromatic carbocycles. The van der Waals surface area contributed by atoms with Crippen LogP contribution in [0.15, 0.2) is 0 Å². The molecule has 0 saturated carbocycles. The van der Waals surface area contributed by atoms with Crippen molar-refractivity contribution in [3.05, 3.63) is 0 Å². The Morgan fingerprint density at radius 2 is 1.38 bits per heavy atom. The van der Waals surface area contributed by atoms with Crippen molar-refractivity contribution in [1.82, 2.24) is 0 Å². The second-order valence-corrected chi connectivity index (χ2v) is 3.81. The molecule has 0 atom stereocenters. The summed E-state index contributed by atoms with van der Waals surface area (Å²) in [7, 11) is 6.39. The molecule has 4 nitrogen and oxygen atoms in total. The highest BCUT2D eigenvalue weighted by atomic mass is 16.7. The van der Waals surface area contributed by atoms with Gasteiger partial charge in [0.15, 0.2) is 0 Å². The molecule has 13 heavy (non-hydrogen) atoms. The van der Waals surface area contributed by atoms with Crippen LogP contribution in [0.25, 0.3) is 0 Å². The second kappa shape index (κ2) is 7.26. The zero-order chi connectivity index (χ0) is 9.61. The van der Waals surface area contributed by atoms with Gasteiger partial charge in [0.1, 0.15) is 6.54 Å². The Hall–Kier alpha value is -0.160. The van der Waals surface area contributed by atoms with Crippen LogP contribution in [0.4, 0.5) is 0 Å².